The Labute approximate surface area is 166 Å². The van der Waals surface area contributed by atoms with Crippen molar-refractivity contribution in [3.05, 3.63) is 36.4 Å². The lowest BCUT2D eigenvalue weighted by molar-refractivity contribution is -0.201. The Morgan fingerprint density at radius 1 is 1.21 bits per heavy atom. The molecule has 1 heterocycles. The topological polar surface area (TPSA) is 67.2 Å². The molecule has 148 valence electrons. The van der Waals surface area contributed by atoms with Crippen LogP contribution in [0.2, 0.25) is 0 Å². The van der Waals surface area contributed by atoms with Crippen LogP contribution in [0.5, 0.6) is 0 Å². The van der Waals surface area contributed by atoms with Crippen LogP contribution in [0.3, 0.4) is 0 Å². The molecule has 1 aromatic carbocycles. The minimum absolute atomic E-state index is 0.0652. The van der Waals surface area contributed by atoms with E-state index in [0.29, 0.717) is 12.3 Å². The molecule has 4 unspecified atom stereocenters. The number of anilines is 1. The van der Waals surface area contributed by atoms with E-state index in [-0.39, 0.29) is 11.3 Å². The molecule has 4 aliphatic rings. The third-order valence-electron chi connectivity index (χ3n) is 7.58. The number of carbonyl (C=O) groups excluding carboxylic acids is 1. The molecule has 0 saturated heterocycles. The van der Waals surface area contributed by atoms with Gasteiger partial charge in [0.1, 0.15) is 5.82 Å². The Morgan fingerprint density at radius 2 is 2.00 bits per heavy atom. The number of amides is 1. The van der Waals surface area contributed by atoms with Crippen molar-refractivity contribution < 1.29 is 9.90 Å². The highest BCUT2D eigenvalue weighted by atomic mass is 16.3. The van der Waals surface area contributed by atoms with Gasteiger partial charge >= 0.3 is 0 Å². The number of nitrogens with zero attached hydrogens (tertiary/aromatic N) is 2. The molecular formula is C23H29N3O2. The van der Waals surface area contributed by atoms with Crippen molar-refractivity contribution in [1.29, 1.82) is 0 Å². The normalized spacial score (nSPS) is 35.9. The third-order valence-corrected chi connectivity index (χ3v) is 7.58. The Bertz CT molecular complexity index is 923. The van der Waals surface area contributed by atoms with E-state index in [1.165, 1.54) is 6.42 Å². The molecule has 1 amide bonds. The summed E-state index contributed by atoms with van der Waals surface area (Å²) in [7, 11) is 1.86. The molecule has 5 nitrogen and oxygen atoms in total. The van der Waals surface area contributed by atoms with E-state index < -0.39 is 11.0 Å². The van der Waals surface area contributed by atoms with Crippen molar-refractivity contribution in [3.8, 4) is 11.3 Å². The molecule has 2 N–H and O–H groups in total. The maximum absolute atomic E-state index is 13.5. The smallest absolute Gasteiger partial charge is 0.231 e. The van der Waals surface area contributed by atoms with Crippen molar-refractivity contribution in [3.63, 3.8) is 0 Å². The highest BCUT2D eigenvalue weighted by Crippen LogP contribution is 2.67. The number of nitrogens with one attached hydrogen (secondary N) is 1. The van der Waals surface area contributed by atoms with Gasteiger partial charge in [-0.3, -0.25) is 9.48 Å². The number of carbonyl (C=O) groups is 1. The zero-order valence-corrected chi connectivity index (χ0v) is 16.7. The van der Waals surface area contributed by atoms with Gasteiger partial charge in [0.05, 0.1) is 16.7 Å². The van der Waals surface area contributed by atoms with Crippen LogP contribution in [0.15, 0.2) is 36.4 Å². The number of rotatable bonds is 4. The van der Waals surface area contributed by atoms with Crippen molar-refractivity contribution in [2.75, 3.05) is 5.32 Å². The van der Waals surface area contributed by atoms with E-state index in [2.05, 4.69) is 17.3 Å². The molecule has 4 atom stereocenters. The lowest BCUT2D eigenvalue weighted by atomic mass is 9.42. The van der Waals surface area contributed by atoms with Crippen LogP contribution in [0.1, 0.15) is 51.9 Å². The van der Waals surface area contributed by atoms with Crippen LogP contribution in [0.4, 0.5) is 5.82 Å². The monoisotopic (exact) mass is 379 g/mol. The highest BCUT2D eigenvalue weighted by molar-refractivity contribution is 5.95. The van der Waals surface area contributed by atoms with E-state index in [4.69, 9.17) is 0 Å². The van der Waals surface area contributed by atoms with Gasteiger partial charge < -0.3 is 10.4 Å². The zero-order chi connectivity index (χ0) is 19.6. The molecule has 4 fully saturated rings. The molecule has 5 heteroatoms. The first kappa shape index (κ1) is 17.9. The fourth-order valence-corrected chi connectivity index (χ4v) is 6.82. The van der Waals surface area contributed by atoms with Crippen LogP contribution in [0, 0.1) is 16.7 Å². The minimum Gasteiger partial charge on any atom is -0.390 e. The van der Waals surface area contributed by atoms with Crippen molar-refractivity contribution in [1.82, 2.24) is 9.78 Å². The van der Waals surface area contributed by atoms with Gasteiger partial charge in [0.25, 0.3) is 0 Å². The fraction of sp³-hybridized carbons (Fsp3) is 0.565. The Hall–Kier alpha value is -2.14. The first-order valence-corrected chi connectivity index (χ1v) is 10.5. The molecule has 4 bridgehead atoms. The summed E-state index contributed by atoms with van der Waals surface area (Å²) >= 11 is 0. The second kappa shape index (κ2) is 5.93. The standard InChI is InChI=1S/C23H29N3O2/c1-3-21-10-16-11-22(13-21,15-23(28,12-16)14-21)20(27)24-19-9-18(25-26(19)2)17-7-5-4-6-8-17/h4-9,16,28H,3,10-15H2,1-2H3,(H,24,27). The van der Waals surface area contributed by atoms with E-state index in [1.54, 1.807) is 4.68 Å². The maximum Gasteiger partial charge on any atom is 0.231 e. The summed E-state index contributed by atoms with van der Waals surface area (Å²) < 4.78 is 1.74. The van der Waals surface area contributed by atoms with Crippen LogP contribution in [-0.4, -0.2) is 26.4 Å². The predicted molar refractivity (Wildman–Crippen MR) is 109 cm³/mol. The van der Waals surface area contributed by atoms with Crippen LogP contribution in [0.25, 0.3) is 11.3 Å². The minimum atomic E-state index is -0.658. The summed E-state index contributed by atoms with van der Waals surface area (Å²) in [6, 6.07) is 11.9. The van der Waals surface area contributed by atoms with Gasteiger partial charge in [0.15, 0.2) is 0 Å². The van der Waals surface area contributed by atoms with E-state index in [1.807, 2.05) is 43.4 Å². The average Bonchev–Trinajstić information content (AvgIpc) is 3.01. The van der Waals surface area contributed by atoms with Crippen molar-refractivity contribution in [2.45, 2.75) is 57.5 Å². The summed E-state index contributed by atoms with van der Waals surface area (Å²) in [6.45, 7) is 2.22. The largest absolute Gasteiger partial charge is 0.390 e. The Balaban J connectivity index is 1.43. The molecule has 6 rings (SSSR count). The molecule has 2 aromatic rings. The lowest BCUT2D eigenvalue weighted by Gasteiger charge is -2.64. The second-order valence-electron chi connectivity index (χ2n) is 9.73. The van der Waals surface area contributed by atoms with Gasteiger partial charge in [-0.1, -0.05) is 43.7 Å². The number of benzene rings is 1. The predicted octanol–water partition coefficient (Wildman–Crippen LogP) is 4.14. The van der Waals surface area contributed by atoms with E-state index in [0.717, 1.165) is 49.2 Å². The SMILES string of the molecule is CCC12CC3CC(O)(C1)CC(C(=O)Nc1cc(-c4ccccc4)nn1C)(C3)C2. The van der Waals surface area contributed by atoms with Gasteiger partial charge in [0, 0.05) is 18.7 Å². The van der Waals surface area contributed by atoms with E-state index >= 15 is 0 Å². The summed E-state index contributed by atoms with van der Waals surface area (Å²) in [5.74, 6) is 1.26. The molecule has 28 heavy (non-hydrogen) atoms. The van der Waals surface area contributed by atoms with Crippen LogP contribution in [-0.2, 0) is 11.8 Å². The summed E-state index contributed by atoms with van der Waals surface area (Å²) in [5, 5.41) is 18.9. The molecule has 4 aliphatic carbocycles. The molecule has 0 aliphatic heterocycles. The maximum atomic E-state index is 13.5. The van der Waals surface area contributed by atoms with Crippen LogP contribution >= 0.6 is 0 Å². The molecule has 0 radical (unpaired) electrons. The molecule has 1 aromatic heterocycles. The third kappa shape index (κ3) is 2.71. The van der Waals surface area contributed by atoms with Crippen molar-refractivity contribution >= 4 is 11.7 Å². The van der Waals surface area contributed by atoms with Gasteiger partial charge in [0.2, 0.25) is 5.91 Å². The first-order valence-electron chi connectivity index (χ1n) is 10.5. The average molecular weight is 380 g/mol. The van der Waals surface area contributed by atoms with Gasteiger partial charge in [-0.15, -0.1) is 0 Å². The molecular weight excluding hydrogens is 350 g/mol. The number of hydrogen-bond acceptors (Lipinski definition) is 3. The van der Waals surface area contributed by atoms with E-state index in [9.17, 15) is 9.90 Å². The Kier molecular flexibility index (Phi) is 3.80. The van der Waals surface area contributed by atoms with Gasteiger partial charge in [-0.05, 0) is 49.9 Å². The molecule has 0 spiro atoms. The van der Waals surface area contributed by atoms with Crippen LogP contribution < -0.4 is 5.32 Å². The molecule has 4 saturated carbocycles. The number of aryl methyl sites for hydroxylation is 1. The fourth-order valence-electron chi connectivity index (χ4n) is 6.82. The number of aromatic nitrogens is 2. The first-order chi connectivity index (χ1) is 13.3. The summed E-state index contributed by atoms with van der Waals surface area (Å²) in [4.78, 5) is 13.5. The summed E-state index contributed by atoms with van der Waals surface area (Å²) in [5.41, 5.74) is 0.920. The van der Waals surface area contributed by atoms with Crippen molar-refractivity contribution in [2.24, 2.45) is 23.8 Å². The highest BCUT2D eigenvalue weighted by Gasteiger charge is 2.64. The second-order valence-corrected chi connectivity index (χ2v) is 9.73. The van der Waals surface area contributed by atoms with Gasteiger partial charge in [-0.25, -0.2) is 0 Å². The quantitative estimate of drug-likeness (QED) is 0.839. The number of hydrogen-bond donors (Lipinski definition) is 2. The number of aliphatic hydroxyl groups is 1. The van der Waals surface area contributed by atoms with Gasteiger partial charge in [-0.2, -0.15) is 5.10 Å². The summed E-state index contributed by atoms with van der Waals surface area (Å²) in [6.07, 6.45) is 6.37. The Morgan fingerprint density at radius 3 is 2.71 bits per heavy atom. The lowest BCUT2D eigenvalue weighted by Crippen LogP contribution is -2.63. The zero-order valence-electron chi connectivity index (χ0n) is 16.7.